The van der Waals surface area contributed by atoms with Crippen LogP contribution in [0, 0.1) is 6.92 Å². The summed E-state index contributed by atoms with van der Waals surface area (Å²) in [6, 6.07) is 1.74. The Labute approximate surface area is 185 Å². The standard InChI is InChI=1S/C22H27ClN2O6/c1-14-15-10-18(23)21-17(20(15)31-22(27)16(14)11-19(26)28-2)12-25(13-30-21)5-3-4-24-6-8-29-9-7-24/h10H,3-9,11-13H2,1-2H3. The topological polar surface area (TPSA) is 81.5 Å². The Bertz CT molecular complexity index is 1030. The molecule has 1 aromatic heterocycles. The highest BCUT2D eigenvalue weighted by Gasteiger charge is 2.26. The van der Waals surface area contributed by atoms with Crippen molar-refractivity contribution in [1.82, 2.24) is 9.80 Å². The number of carbonyl (C=O) groups excluding carboxylic acids is 1. The first-order valence-electron chi connectivity index (χ1n) is 10.5. The lowest BCUT2D eigenvalue weighted by atomic mass is 10.00. The van der Waals surface area contributed by atoms with E-state index in [0.29, 0.717) is 40.6 Å². The highest BCUT2D eigenvalue weighted by Crippen LogP contribution is 2.39. The molecule has 9 heteroatoms. The molecule has 0 radical (unpaired) electrons. The summed E-state index contributed by atoms with van der Waals surface area (Å²) >= 11 is 6.50. The lowest BCUT2D eigenvalue weighted by Gasteiger charge is -2.31. The smallest absolute Gasteiger partial charge is 0.340 e. The zero-order valence-electron chi connectivity index (χ0n) is 17.9. The number of aryl methyl sites for hydroxylation is 1. The molecule has 0 unspecified atom stereocenters. The molecule has 0 spiro atoms. The van der Waals surface area contributed by atoms with Crippen molar-refractivity contribution < 1.29 is 23.4 Å². The van der Waals surface area contributed by atoms with E-state index in [1.54, 1.807) is 13.0 Å². The quantitative estimate of drug-likeness (QED) is 0.490. The van der Waals surface area contributed by atoms with Gasteiger partial charge < -0.3 is 18.6 Å². The third kappa shape index (κ3) is 4.72. The van der Waals surface area contributed by atoms with Gasteiger partial charge in [-0.1, -0.05) is 11.6 Å². The van der Waals surface area contributed by atoms with Gasteiger partial charge in [-0.05, 0) is 31.5 Å². The first kappa shape index (κ1) is 22.1. The van der Waals surface area contributed by atoms with Crippen molar-refractivity contribution in [3.8, 4) is 5.75 Å². The van der Waals surface area contributed by atoms with Crippen molar-refractivity contribution in [2.75, 3.05) is 53.2 Å². The van der Waals surface area contributed by atoms with Gasteiger partial charge in [0.1, 0.15) is 18.1 Å². The SMILES string of the molecule is COC(=O)Cc1c(C)c2cc(Cl)c3c(c2oc1=O)CN(CCCN1CCOCC1)CO3. The van der Waals surface area contributed by atoms with Crippen LogP contribution in [0.2, 0.25) is 5.02 Å². The van der Waals surface area contributed by atoms with Crippen LogP contribution < -0.4 is 10.4 Å². The summed E-state index contributed by atoms with van der Waals surface area (Å²) in [5.74, 6) is 0.0652. The van der Waals surface area contributed by atoms with Crippen molar-refractivity contribution in [3.63, 3.8) is 0 Å². The second-order valence-corrected chi connectivity index (χ2v) is 8.33. The van der Waals surface area contributed by atoms with Crippen LogP contribution in [-0.2, 0) is 27.2 Å². The maximum atomic E-state index is 12.6. The number of esters is 1. The van der Waals surface area contributed by atoms with Gasteiger partial charge in [-0.2, -0.15) is 0 Å². The molecule has 1 aromatic carbocycles. The lowest BCUT2D eigenvalue weighted by molar-refractivity contribution is -0.139. The van der Waals surface area contributed by atoms with E-state index in [2.05, 4.69) is 9.80 Å². The van der Waals surface area contributed by atoms with E-state index in [1.165, 1.54) is 7.11 Å². The number of hydrogen-bond donors (Lipinski definition) is 0. The van der Waals surface area contributed by atoms with Crippen molar-refractivity contribution in [3.05, 3.63) is 38.2 Å². The van der Waals surface area contributed by atoms with E-state index in [-0.39, 0.29) is 12.0 Å². The molecule has 1 fully saturated rings. The molecular formula is C22H27ClN2O6. The highest BCUT2D eigenvalue weighted by atomic mass is 35.5. The molecule has 8 nitrogen and oxygen atoms in total. The molecule has 31 heavy (non-hydrogen) atoms. The van der Waals surface area contributed by atoms with Crippen LogP contribution in [0.5, 0.6) is 5.75 Å². The lowest BCUT2D eigenvalue weighted by Crippen LogP contribution is -2.39. The number of hydrogen-bond acceptors (Lipinski definition) is 8. The Morgan fingerprint density at radius 3 is 2.71 bits per heavy atom. The Balaban J connectivity index is 1.57. The average molecular weight is 451 g/mol. The van der Waals surface area contributed by atoms with Gasteiger partial charge in [-0.3, -0.25) is 14.6 Å². The van der Waals surface area contributed by atoms with Crippen LogP contribution in [0.1, 0.15) is 23.1 Å². The zero-order valence-corrected chi connectivity index (χ0v) is 18.6. The summed E-state index contributed by atoms with van der Waals surface area (Å²) < 4.78 is 21.7. The Kier molecular flexibility index (Phi) is 6.81. The molecular weight excluding hydrogens is 424 g/mol. The van der Waals surface area contributed by atoms with E-state index in [4.69, 9.17) is 30.2 Å². The van der Waals surface area contributed by atoms with Crippen LogP contribution >= 0.6 is 11.6 Å². The van der Waals surface area contributed by atoms with Gasteiger partial charge in [0.2, 0.25) is 0 Å². The molecule has 0 atom stereocenters. The van der Waals surface area contributed by atoms with E-state index < -0.39 is 11.6 Å². The third-order valence-corrected chi connectivity index (χ3v) is 6.23. The second kappa shape index (κ2) is 9.56. The summed E-state index contributed by atoms with van der Waals surface area (Å²) in [4.78, 5) is 28.9. The molecule has 0 amide bonds. The average Bonchev–Trinajstić information content (AvgIpc) is 2.78. The number of fused-ring (bicyclic) bond motifs is 3. The van der Waals surface area contributed by atoms with Gasteiger partial charge in [-0.25, -0.2) is 4.79 Å². The van der Waals surface area contributed by atoms with E-state index in [1.807, 2.05) is 0 Å². The van der Waals surface area contributed by atoms with Crippen molar-refractivity contribution in [2.45, 2.75) is 26.3 Å². The molecule has 0 aliphatic carbocycles. The van der Waals surface area contributed by atoms with Crippen LogP contribution in [-0.4, -0.2) is 69.0 Å². The van der Waals surface area contributed by atoms with Gasteiger partial charge in [0.25, 0.3) is 0 Å². The number of benzene rings is 1. The predicted octanol–water partition coefficient (Wildman–Crippen LogP) is 2.34. The van der Waals surface area contributed by atoms with Crippen molar-refractivity contribution >= 4 is 28.5 Å². The number of methoxy groups -OCH3 is 1. The molecule has 2 aliphatic heterocycles. The number of halogens is 1. The van der Waals surface area contributed by atoms with Crippen LogP contribution in [0.4, 0.5) is 0 Å². The molecule has 2 aliphatic rings. The minimum Gasteiger partial charge on any atom is -0.476 e. The second-order valence-electron chi connectivity index (χ2n) is 7.92. The maximum Gasteiger partial charge on any atom is 0.340 e. The number of ether oxygens (including phenoxy) is 3. The third-order valence-electron chi connectivity index (χ3n) is 5.95. The fourth-order valence-electron chi connectivity index (χ4n) is 4.17. The molecule has 0 N–H and O–H groups in total. The zero-order chi connectivity index (χ0) is 22.0. The van der Waals surface area contributed by atoms with Crippen molar-refractivity contribution in [1.29, 1.82) is 0 Å². The summed E-state index contributed by atoms with van der Waals surface area (Å²) in [5.41, 5.74) is 1.66. The van der Waals surface area contributed by atoms with Gasteiger partial charge in [0.05, 0.1) is 42.9 Å². The van der Waals surface area contributed by atoms with E-state index in [0.717, 1.165) is 51.4 Å². The molecule has 4 rings (SSSR count). The number of carbonyl (C=O) groups is 1. The minimum absolute atomic E-state index is 0.139. The maximum absolute atomic E-state index is 12.6. The molecule has 1 saturated heterocycles. The molecule has 0 bridgehead atoms. The fraction of sp³-hybridized carbons (Fsp3) is 0.545. The molecule has 3 heterocycles. The summed E-state index contributed by atoms with van der Waals surface area (Å²) in [5, 5.41) is 1.18. The van der Waals surface area contributed by atoms with Crippen LogP contribution in [0.3, 0.4) is 0 Å². The summed E-state index contributed by atoms with van der Waals surface area (Å²) in [6.07, 6.45) is 0.864. The minimum atomic E-state index is -0.538. The Morgan fingerprint density at radius 1 is 1.23 bits per heavy atom. The molecule has 0 saturated carbocycles. The molecule has 168 valence electrons. The van der Waals surface area contributed by atoms with Gasteiger partial charge in [0.15, 0.2) is 0 Å². The van der Waals surface area contributed by atoms with Crippen molar-refractivity contribution in [2.24, 2.45) is 0 Å². The predicted molar refractivity (Wildman–Crippen MR) is 116 cm³/mol. The number of morpholine rings is 1. The fourth-order valence-corrected chi connectivity index (χ4v) is 4.44. The first-order valence-corrected chi connectivity index (χ1v) is 10.9. The largest absolute Gasteiger partial charge is 0.476 e. The summed E-state index contributed by atoms with van der Waals surface area (Å²) in [6.45, 7) is 8.20. The number of rotatable bonds is 6. The summed E-state index contributed by atoms with van der Waals surface area (Å²) in [7, 11) is 1.29. The van der Waals surface area contributed by atoms with Gasteiger partial charge in [0, 0.05) is 31.6 Å². The number of nitrogens with zero attached hydrogens (tertiary/aromatic N) is 2. The highest BCUT2D eigenvalue weighted by molar-refractivity contribution is 6.33. The van der Waals surface area contributed by atoms with Gasteiger partial charge >= 0.3 is 11.6 Å². The van der Waals surface area contributed by atoms with Crippen LogP contribution in [0.25, 0.3) is 11.0 Å². The Hall–Kier alpha value is -2.13. The normalized spacial score (nSPS) is 17.4. The van der Waals surface area contributed by atoms with Crippen LogP contribution in [0.15, 0.2) is 15.3 Å². The van der Waals surface area contributed by atoms with E-state index >= 15 is 0 Å². The monoisotopic (exact) mass is 450 g/mol. The van der Waals surface area contributed by atoms with Gasteiger partial charge in [-0.15, -0.1) is 0 Å². The van der Waals surface area contributed by atoms with E-state index in [9.17, 15) is 9.59 Å². The molecule has 2 aromatic rings. The first-order chi connectivity index (χ1) is 15.0. The Morgan fingerprint density at radius 2 is 1.97 bits per heavy atom.